The highest BCUT2D eigenvalue weighted by Gasteiger charge is 2.26. The first kappa shape index (κ1) is 12.1. The van der Waals surface area contributed by atoms with Crippen LogP contribution >= 0.6 is 22.9 Å². The Balaban J connectivity index is 1.88. The van der Waals surface area contributed by atoms with E-state index in [9.17, 15) is 0 Å². The van der Waals surface area contributed by atoms with Gasteiger partial charge in [-0.05, 0) is 18.4 Å². The smallest absolute Gasteiger partial charge is 0.226 e. The van der Waals surface area contributed by atoms with Crippen LogP contribution in [0, 0.1) is 0 Å². The third-order valence-corrected chi connectivity index (χ3v) is 4.14. The largest absolute Gasteiger partial charge is 0.370 e. The number of thiophene rings is 1. The molecule has 0 radical (unpaired) electrons. The molecule has 6 heteroatoms. The maximum atomic E-state index is 5.89. The van der Waals surface area contributed by atoms with Crippen molar-refractivity contribution < 1.29 is 4.74 Å². The molecule has 2 atom stereocenters. The van der Waals surface area contributed by atoms with Gasteiger partial charge in [0.1, 0.15) is 4.83 Å². The van der Waals surface area contributed by atoms with Gasteiger partial charge in [0.15, 0.2) is 0 Å². The molecule has 1 fully saturated rings. The summed E-state index contributed by atoms with van der Waals surface area (Å²) in [4.78, 5) is 12.2. The van der Waals surface area contributed by atoms with Crippen molar-refractivity contribution >= 4 is 39.1 Å². The predicted molar refractivity (Wildman–Crippen MR) is 74.7 cm³/mol. The van der Waals surface area contributed by atoms with E-state index in [1.54, 1.807) is 11.3 Å². The van der Waals surface area contributed by atoms with E-state index in [1.807, 2.05) is 17.6 Å². The van der Waals surface area contributed by atoms with Gasteiger partial charge < -0.3 is 9.64 Å². The number of hydrogen-bond acceptors (Lipinski definition) is 5. The van der Waals surface area contributed by atoms with Gasteiger partial charge in [0.25, 0.3) is 0 Å². The lowest BCUT2D eigenvalue weighted by atomic mass is 10.2. The van der Waals surface area contributed by atoms with Crippen LogP contribution in [0.15, 0.2) is 17.6 Å². The number of rotatable bonds is 2. The van der Waals surface area contributed by atoms with E-state index in [-0.39, 0.29) is 12.2 Å². The summed E-state index contributed by atoms with van der Waals surface area (Å²) in [7, 11) is 0. The molecule has 2 unspecified atom stereocenters. The highest BCUT2D eigenvalue weighted by Crippen LogP contribution is 2.22. The molecule has 0 saturated carbocycles. The van der Waals surface area contributed by atoms with Gasteiger partial charge in [0.05, 0.1) is 18.1 Å². The third kappa shape index (κ3) is 2.30. The number of fused-ring (bicyclic) bond motifs is 1. The molecule has 0 bridgehead atoms. The summed E-state index contributed by atoms with van der Waals surface area (Å²) in [5.41, 5.74) is 0. The number of ether oxygens (including phenoxy) is 1. The average Bonchev–Trinajstić information content (AvgIpc) is 2.85. The Morgan fingerprint density at radius 1 is 1.56 bits per heavy atom. The summed E-state index contributed by atoms with van der Waals surface area (Å²) in [5, 5.41) is 3.13. The number of nitrogens with zero attached hydrogens (tertiary/aromatic N) is 3. The first-order chi connectivity index (χ1) is 8.76. The van der Waals surface area contributed by atoms with Gasteiger partial charge in [0, 0.05) is 24.7 Å². The third-order valence-electron chi connectivity index (χ3n) is 2.98. The van der Waals surface area contributed by atoms with Gasteiger partial charge in [-0.25, -0.2) is 9.97 Å². The molecule has 2 aromatic heterocycles. The van der Waals surface area contributed by atoms with Crippen molar-refractivity contribution in [1.82, 2.24) is 9.97 Å². The molecule has 1 aliphatic heterocycles. The SMILES string of the molecule is CC1CN(c2ncc3ccsc3n2)CC(CCl)O1. The Labute approximate surface area is 115 Å². The fourth-order valence-corrected chi connectivity index (χ4v) is 3.10. The average molecular weight is 284 g/mol. The lowest BCUT2D eigenvalue weighted by Gasteiger charge is -2.35. The summed E-state index contributed by atoms with van der Waals surface area (Å²) in [6.07, 6.45) is 2.09. The van der Waals surface area contributed by atoms with Crippen LogP contribution < -0.4 is 4.90 Å². The first-order valence-electron chi connectivity index (χ1n) is 5.93. The minimum atomic E-state index is 0.0537. The highest BCUT2D eigenvalue weighted by atomic mass is 35.5. The van der Waals surface area contributed by atoms with E-state index in [2.05, 4.69) is 21.8 Å². The van der Waals surface area contributed by atoms with Crippen LogP contribution in [0.3, 0.4) is 0 Å². The van der Waals surface area contributed by atoms with Crippen molar-refractivity contribution in [2.45, 2.75) is 19.1 Å². The summed E-state index contributed by atoms with van der Waals surface area (Å²) in [5.74, 6) is 1.28. The Kier molecular flexibility index (Phi) is 3.37. The molecule has 0 N–H and O–H groups in total. The lowest BCUT2D eigenvalue weighted by molar-refractivity contribution is -0.00381. The molecule has 3 heterocycles. The summed E-state index contributed by atoms with van der Waals surface area (Å²) >= 11 is 7.52. The van der Waals surface area contributed by atoms with Crippen LogP contribution in [0.2, 0.25) is 0 Å². The molecule has 0 aromatic carbocycles. The van der Waals surface area contributed by atoms with Crippen molar-refractivity contribution in [2.75, 3.05) is 23.9 Å². The Morgan fingerprint density at radius 3 is 3.28 bits per heavy atom. The zero-order chi connectivity index (χ0) is 12.5. The summed E-state index contributed by atoms with van der Waals surface area (Å²) in [6.45, 7) is 3.62. The molecular formula is C12H14ClN3OS. The van der Waals surface area contributed by atoms with E-state index in [1.165, 1.54) is 0 Å². The molecule has 4 nitrogen and oxygen atoms in total. The van der Waals surface area contributed by atoms with Gasteiger partial charge in [-0.3, -0.25) is 0 Å². The fourth-order valence-electron chi connectivity index (χ4n) is 2.19. The van der Waals surface area contributed by atoms with E-state index in [4.69, 9.17) is 16.3 Å². The minimum absolute atomic E-state index is 0.0537. The number of halogens is 1. The van der Waals surface area contributed by atoms with Gasteiger partial charge in [0.2, 0.25) is 5.95 Å². The molecule has 0 amide bonds. The molecule has 0 spiro atoms. The summed E-state index contributed by atoms with van der Waals surface area (Å²) < 4.78 is 5.73. The van der Waals surface area contributed by atoms with Crippen LogP contribution in [0.5, 0.6) is 0 Å². The summed E-state index contributed by atoms with van der Waals surface area (Å²) in [6, 6.07) is 2.04. The second kappa shape index (κ2) is 4.99. The van der Waals surface area contributed by atoms with E-state index >= 15 is 0 Å². The van der Waals surface area contributed by atoms with Crippen molar-refractivity contribution in [1.29, 1.82) is 0 Å². The monoisotopic (exact) mass is 283 g/mol. The first-order valence-corrected chi connectivity index (χ1v) is 7.34. The van der Waals surface area contributed by atoms with Crippen LogP contribution in [0.4, 0.5) is 5.95 Å². The van der Waals surface area contributed by atoms with Gasteiger partial charge in [-0.1, -0.05) is 0 Å². The second-order valence-electron chi connectivity index (χ2n) is 4.48. The standard InChI is InChI=1S/C12H14ClN3OS/c1-8-6-16(7-10(4-13)17-8)12-14-5-9-2-3-18-11(9)15-12/h2-3,5,8,10H,4,6-7H2,1H3. The number of alkyl halides is 1. The molecule has 0 aliphatic carbocycles. The van der Waals surface area contributed by atoms with E-state index < -0.39 is 0 Å². The second-order valence-corrected chi connectivity index (χ2v) is 5.68. The predicted octanol–water partition coefficient (Wildman–Crippen LogP) is 2.52. The maximum absolute atomic E-state index is 5.89. The molecule has 2 aromatic rings. The molecule has 1 aliphatic rings. The number of hydrogen-bond donors (Lipinski definition) is 0. The number of morpholine rings is 1. The van der Waals surface area contributed by atoms with Gasteiger partial charge in [-0.2, -0.15) is 0 Å². The van der Waals surface area contributed by atoms with Gasteiger partial charge in [-0.15, -0.1) is 22.9 Å². The van der Waals surface area contributed by atoms with Crippen LogP contribution in [0.1, 0.15) is 6.92 Å². The molecule has 1 saturated heterocycles. The molecule has 18 heavy (non-hydrogen) atoms. The van der Waals surface area contributed by atoms with Crippen LogP contribution in [-0.2, 0) is 4.74 Å². The van der Waals surface area contributed by atoms with Crippen LogP contribution in [0.25, 0.3) is 10.2 Å². The molecular weight excluding hydrogens is 270 g/mol. The van der Waals surface area contributed by atoms with Crippen molar-refractivity contribution in [3.63, 3.8) is 0 Å². The highest BCUT2D eigenvalue weighted by molar-refractivity contribution is 7.16. The lowest BCUT2D eigenvalue weighted by Crippen LogP contribution is -2.48. The maximum Gasteiger partial charge on any atom is 0.226 e. The zero-order valence-corrected chi connectivity index (χ0v) is 11.6. The Bertz CT molecular complexity index is 547. The Hall–Kier alpha value is -0.910. The van der Waals surface area contributed by atoms with E-state index in [0.29, 0.717) is 5.88 Å². The minimum Gasteiger partial charge on any atom is -0.370 e. The number of aromatic nitrogens is 2. The molecule has 96 valence electrons. The Morgan fingerprint density at radius 2 is 2.44 bits per heavy atom. The van der Waals surface area contributed by atoms with Crippen molar-refractivity contribution in [2.24, 2.45) is 0 Å². The normalized spacial score (nSPS) is 24.7. The zero-order valence-electron chi connectivity index (χ0n) is 10.0. The van der Waals surface area contributed by atoms with Crippen molar-refractivity contribution in [3.8, 4) is 0 Å². The quantitative estimate of drug-likeness (QED) is 0.794. The topological polar surface area (TPSA) is 38.2 Å². The van der Waals surface area contributed by atoms with Gasteiger partial charge >= 0.3 is 0 Å². The molecule has 3 rings (SSSR count). The van der Waals surface area contributed by atoms with Crippen LogP contribution in [-0.4, -0.2) is 41.1 Å². The fraction of sp³-hybridized carbons (Fsp3) is 0.500. The number of anilines is 1. The van der Waals surface area contributed by atoms with Crippen molar-refractivity contribution in [3.05, 3.63) is 17.6 Å². The van der Waals surface area contributed by atoms with E-state index in [0.717, 1.165) is 29.3 Å².